The van der Waals surface area contributed by atoms with Crippen molar-refractivity contribution in [2.45, 2.75) is 32.2 Å². The van der Waals surface area contributed by atoms with Crippen molar-refractivity contribution in [3.05, 3.63) is 77.9 Å². The Morgan fingerprint density at radius 3 is 2.65 bits per heavy atom. The van der Waals surface area contributed by atoms with Crippen molar-refractivity contribution in [2.24, 2.45) is 5.92 Å². The van der Waals surface area contributed by atoms with Gasteiger partial charge in [0.15, 0.2) is 0 Å². The van der Waals surface area contributed by atoms with Gasteiger partial charge in [0, 0.05) is 24.3 Å². The van der Waals surface area contributed by atoms with Crippen LogP contribution < -0.4 is 10.6 Å². The first-order valence-electron chi connectivity index (χ1n) is 11.4. The molecule has 1 unspecified atom stereocenters. The Morgan fingerprint density at radius 1 is 1.10 bits per heavy atom. The van der Waals surface area contributed by atoms with E-state index < -0.39 is 0 Å². The number of piperidine rings is 1. The minimum Gasteiger partial charge on any atom is -0.385 e. The molecule has 1 heterocycles. The molecule has 1 aliphatic heterocycles. The van der Waals surface area contributed by atoms with Crippen LogP contribution in [0.25, 0.3) is 10.8 Å². The minimum atomic E-state index is -0.0415. The molecule has 0 saturated carbocycles. The second-order valence-corrected chi connectivity index (χ2v) is 8.74. The lowest BCUT2D eigenvalue weighted by atomic mass is 9.95. The molecule has 0 aromatic heterocycles. The van der Waals surface area contributed by atoms with E-state index in [1.54, 1.807) is 0 Å². The number of fused-ring (bicyclic) bond motifs is 1. The quantitative estimate of drug-likeness (QED) is 0.537. The molecule has 2 atom stereocenters. The van der Waals surface area contributed by atoms with Gasteiger partial charge in [0.2, 0.25) is 0 Å². The molecule has 4 rings (SSSR count). The minimum absolute atomic E-state index is 0.0277. The molecule has 1 amide bonds. The summed E-state index contributed by atoms with van der Waals surface area (Å²) in [5.74, 6) is 0.647. The van der Waals surface area contributed by atoms with E-state index >= 15 is 0 Å². The van der Waals surface area contributed by atoms with Crippen molar-refractivity contribution in [3.8, 4) is 0 Å². The highest BCUT2D eigenvalue weighted by molar-refractivity contribution is 5.95. The third kappa shape index (κ3) is 5.26. The van der Waals surface area contributed by atoms with E-state index in [-0.39, 0.29) is 11.9 Å². The van der Waals surface area contributed by atoms with Gasteiger partial charge in [-0.25, -0.2) is 0 Å². The molecule has 1 saturated heterocycles. The van der Waals surface area contributed by atoms with Gasteiger partial charge in [-0.15, -0.1) is 0 Å². The maximum atomic E-state index is 12.8. The Balaban J connectivity index is 1.58. The molecule has 0 bridgehead atoms. The number of benzene rings is 3. The maximum Gasteiger partial charge on any atom is 0.251 e. The van der Waals surface area contributed by atoms with Gasteiger partial charge in [-0.2, -0.15) is 0 Å². The zero-order chi connectivity index (χ0) is 21.6. The topological polar surface area (TPSA) is 44.4 Å². The van der Waals surface area contributed by atoms with Crippen LogP contribution in [-0.2, 0) is 0 Å². The molecule has 1 aliphatic rings. The zero-order valence-electron chi connectivity index (χ0n) is 18.6. The molecule has 3 aromatic rings. The number of likely N-dealkylation sites (tertiary alicyclic amines) is 1. The van der Waals surface area contributed by atoms with Crippen LogP contribution in [0.2, 0.25) is 0 Å². The SMILES string of the molecule is CC[C@@H](NC(=O)c1ccccc1)c1cc(NCC2CCCN(C)C2)cc2ccccc12. The Hall–Kier alpha value is -2.85. The molecule has 4 nitrogen and oxygen atoms in total. The predicted molar refractivity (Wildman–Crippen MR) is 130 cm³/mol. The van der Waals surface area contributed by atoms with Gasteiger partial charge in [0.05, 0.1) is 6.04 Å². The van der Waals surface area contributed by atoms with E-state index in [1.165, 1.54) is 35.7 Å². The summed E-state index contributed by atoms with van der Waals surface area (Å²) >= 11 is 0. The second-order valence-electron chi connectivity index (χ2n) is 8.74. The Morgan fingerprint density at radius 2 is 1.87 bits per heavy atom. The summed E-state index contributed by atoms with van der Waals surface area (Å²) < 4.78 is 0. The van der Waals surface area contributed by atoms with Gasteiger partial charge in [-0.05, 0) is 79.4 Å². The summed E-state index contributed by atoms with van der Waals surface area (Å²) in [7, 11) is 2.21. The normalized spacial score (nSPS) is 17.9. The highest BCUT2D eigenvalue weighted by Gasteiger charge is 2.19. The van der Waals surface area contributed by atoms with E-state index in [1.807, 2.05) is 30.3 Å². The van der Waals surface area contributed by atoms with Crippen LogP contribution in [0.5, 0.6) is 0 Å². The van der Waals surface area contributed by atoms with E-state index in [0.29, 0.717) is 11.5 Å². The number of nitrogens with one attached hydrogen (secondary N) is 2. The van der Waals surface area contributed by atoms with Gasteiger partial charge >= 0.3 is 0 Å². The van der Waals surface area contributed by atoms with Gasteiger partial charge in [0.1, 0.15) is 0 Å². The number of carbonyl (C=O) groups is 1. The standard InChI is InChI=1S/C27H33N3O/c1-3-26(29-27(31)21-11-5-4-6-12-21)25-17-23(16-22-13-7-8-14-24(22)25)28-18-20-10-9-15-30(2)19-20/h4-8,11-14,16-17,20,26,28H,3,9-10,15,18-19H2,1-2H3,(H,29,31)/t20?,26-/m1/s1. The predicted octanol–water partition coefficient (Wildman–Crippen LogP) is 5.47. The first-order chi connectivity index (χ1) is 15.1. The lowest BCUT2D eigenvalue weighted by Gasteiger charge is -2.30. The van der Waals surface area contributed by atoms with E-state index in [2.05, 4.69) is 65.9 Å². The number of rotatable bonds is 7. The summed E-state index contributed by atoms with van der Waals surface area (Å²) in [5.41, 5.74) is 3.00. The number of hydrogen-bond donors (Lipinski definition) is 2. The van der Waals surface area contributed by atoms with E-state index in [0.717, 1.165) is 25.2 Å². The number of hydrogen-bond acceptors (Lipinski definition) is 3. The molecule has 4 heteroatoms. The average molecular weight is 416 g/mol. The zero-order valence-corrected chi connectivity index (χ0v) is 18.6. The summed E-state index contributed by atoms with van der Waals surface area (Å²) in [6.45, 7) is 5.46. The first-order valence-corrected chi connectivity index (χ1v) is 11.4. The molecule has 1 fully saturated rings. The van der Waals surface area contributed by atoms with Gasteiger partial charge in [-0.1, -0.05) is 49.4 Å². The summed E-state index contributed by atoms with van der Waals surface area (Å²) in [6, 6.07) is 22.3. The summed E-state index contributed by atoms with van der Waals surface area (Å²) in [4.78, 5) is 15.3. The van der Waals surface area contributed by atoms with Crippen LogP contribution in [0.1, 0.15) is 48.1 Å². The molecular weight excluding hydrogens is 382 g/mol. The van der Waals surface area contributed by atoms with Gasteiger partial charge in [-0.3, -0.25) is 4.79 Å². The number of anilines is 1. The fourth-order valence-corrected chi connectivity index (χ4v) is 4.66. The number of amides is 1. The Kier molecular flexibility index (Phi) is 6.88. The Bertz CT molecular complexity index is 1020. The van der Waals surface area contributed by atoms with Crippen molar-refractivity contribution in [1.82, 2.24) is 10.2 Å². The molecule has 31 heavy (non-hydrogen) atoms. The van der Waals surface area contributed by atoms with Crippen LogP contribution in [0.3, 0.4) is 0 Å². The fraction of sp³-hybridized carbons (Fsp3) is 0.370. The highest BCUT2D eigenvalue weighted by Crippen LogP contribution is 2.31. The summed E-state index contributed by atoms with van der Waals surface area (Å²) in [5, 5.41) is 9.35. The third-order valence-corrected chi connectivity index (χ3v) is 6.34. The first kappa shape index (κ1) is 21.4. The second kappa shape index (κ2) is 9.97. The van der Waals surface area contributed by atoms with Crippen molar-refractivity contribution >= 4 is 22.4 Å². The largest absolute Gasteiger partial charge is 0.385 e. The van der Waals surface area contributed by atoms with Gasteiger partial charge in [0.25, 0.3) is 5.91 Å². The molecule has 3 aromatic carbocycles. The van der Waals surface area contributed by atoms with Crippen molar-refractivity contribution in [1.29, 1.82) is 0 Å². The molecule has 0 radical (unpaired) electrons. The lowest BCUT2D eigenvalue weighted by Crippen LogP contribution is -2.35. The number of carbonyl (C=O) groups excluding carboxylic acids is 1. The molecule has 0 aliphatic carbocycles. The average Bonchev–Trinajstić information content (AvgIpc) is 2.81. The van der Waals surface area contributed by atoms with E-state index in [9.17, 15) is 4.79 Å². The van der Waals surface area contributed by atoms with Crippen LogP contribution in [0.4, 0.5) is 5.69 Å². The third-order valence-electron chi connectivity index (χ3n) is 6.34. The number of nitrogens with zero attached hydrogens (tertiary/aromatic N) is 1. The monoisotopic (exact) mass is 415 g/mol. The van der Waals surface area contributed by atoms with Crippen LogP contribution in [-0.4, -0.2) is 37.5 Å². The highest BCUT2D eigenvalue weighted by atomic mass is 16.1. The van der Waals surface area contributed by atoms with Crippen molar-refractivity contribution in [2.75, 3.05) is 32.0 Å². The van der Waals surface area contributed by atoms with Crippen molar-refractivity contribution in [3.63, 3.8) is 0 Å². The van der Waals surface area contributed by atoms with Crippen LogP contribution >= 0.6 is 0 Å². The van der Waals surface area contributed by atoms with Gasteiger partial charge < -0.3 is 15.5 Å². The van der Waals surface area contributed by atoms with E-state index in [4.69, 9.17) is 0 Å². The smallest absolute Gasteiger partial charge is 0.251 e. The fourth-order valence-electron chi connectivity index (χ4n) is 4.66. The molecular formula is C27H33N3O. The van der Waals surface area contributed by atoms with Crippen molar-refractivity contribution < 1.29 is 4.79 Å². The molecule has 162 valence electrons. The Labute approximate surface area is 185 Å². The molecule has 0 spiro atoms. The maximum absolute atomic E-state index is 12.8. The molecule has 2 N–H and O–H groups in total. The summed E-state index contributed by atoms with van der Waals surface area (Å²) in [6.07, 6.45) is 3.39. The van der Waals surface area contributed by atoms with Crippen LogP contribution in [0, 0.1) is 5.92 Å². The lowest BCUT2D eigenvalue weighted by molar-refractivity contribution is 0.0936. The van der Waals surface area contributed by atoms with Crippen LogP contribution in [0.15, 0.2) is 66.7 Å².